The maximum absolute atomic E-state index is 15.0. The summed E-state index contributed by atoms with van der Waals surface area (Å²) < 4.78 is 25.4. The van der Waals surface area contributed by atoms with Crippen LogP contribution in [-0.2, 0) is 14.3 Å². The zero-order valence-corrected chi connectivity index (χ0v) is 17.1. The molecule has 4 aliphatic heterocycles. The van der Waals surface area contributed by atoms with Crippen molar-refractivity contribution in [1.29, 1.82) is 0 Å². The SMILES string of the molecule is O=C1OCCN1c1ccc(N2CCC[C@@]3(CCN(C4CCOCC4)C3=O)C2)c(F)c1. The second-order valence-electron chi connectivity index (χ2n) is 8.80. The van der Waals surface area contributed by atoms with Crippen molar-refractivity contribution in [3.63, 3.8) is 0 Å². The van der Waals surface area contributed by atoms with Gasteiger partial charge in [0.2, 0.25) is 5.91 Å². The fraction of sp³-hybridized carbons (Fsp3) is 0.636. The molecule has 4 heterocycles. The summed E-state index contributed by atoms with van der Waals surface area (Å²) in [7, 11) is 0. The fourth-order valence-electron chi connectivity index (χ4n) is 5.46. The number of rotatable bonds is 3. The van der Waals surface area contributed by atoms with E-state index in [4.69, 9.17) is 9.47 Å². The van der Waals surface area contributed by atoms with Gasteiger partial charge in [-0.1, -0.05) is 0 Å². The van der Waals surface area contributed by atoms with Crippen LogP contribution < -0.4 is 9.80 Å². The lowest BCUT2D eigenvalue weighted by Crippen LogP contribution is -2.50. The Morgan fingerprint density at radius 1 is 1.03 bits per heavy atom. The number of cyclic esters (lactones) is 1. The number of hydrogen-bond acceptors (Lipinski definition) is 5. The first kappa shape index (κ1) is 19.6. The summed E-state index contributed by atoms with van der Waals surface area (Å²) in [5.41, 5.74) is 0.594. The minimum Gasteiger partial charge on any atom is -0.447 e. The molecule has 30 heavy (non-hydrogen) atoms. The molecule has 4 saturated heterocycles. The van der Waals surface area contributed by atoms with Gasteiger partial charge < -0.3 is 19.3 Å². The van der Waals surface area contributed by atoms with Crippen LogP contribution in [0.25, 0.3) is 0 Å². The number of ether oxygens (including phenoxy) is 2. The van der Waals surface area contributed by atoms with Crippen molar-refractivity contribution in [2.75, 3.05) is 55.8 Å². The van der Waals surface area contributed by atoms with E-state index < -0.39 is 11.5 Å². The largest absolute Gasteiger partial charge is 0.447 e. The van der Waals surface area contributed by atoms with Crippen molar-refractivity contribution in [3.8, 4) is 0 Å². The minimum atomic E-state index is -0.441. The van der Waals surface area contributed by atoms with Crippen molar-refractivity contribution in [1.82, 2.24) is 4.90 Å². The number of carbonyl (C=O) groups excluding carboxylic acids is 2. The molecule has 4 fully saturated rings. The number of benzene rings is 1. The maximum Gasteiger partial charge on any atom is 0.414 e. The molecule has 8 heteroatoms. The molecule has 0 aromatic heterocycles. The molecule has 0 N–H and O–H groups in total. The maximum atomic E-state index is 15.0. The molecule has 0 aliphatic carbocycles. The van der Waals surface area contributed by atoms with Gasteiger partial charge in [-0.2, -0.15) is 0 Å². The lowest BCUT2D eigenvalue weighted by molar-refractivity contribution is -0.139. The smallest absolute Gasteiger partial charge is 0.414 e. The lowest BCUT2D eigenvalue weighted by atomic mass is 9.78. The minimum absolute atomic E-state index is 0.232. The average Bonchev–Trinajstić information content (AvgIpc) is 3.32. The Balaban J connectivity index is 1.33. The quantitative estimate of drug-likeness (QED) is 0.757. The average molecular weight is 417 g/mol. The van der Waals surface area contributed by atoms with E-state index in [-0.39, 0.29) is 17.8 Å². The van der Waals surface area contributed by atoms with E-state index in [2.05, 4.69) is 4.90 Å². The van der Waals surface area contributed by atoms with E-state index in [9.17, 15) is 9.59 Å². The van der Waals surface area contributed by atoms with E-state index in [1.165, 1.54) is 11.0 Å². The second-order valence-corrected chi connectivity index (χ2v) is 8.80. The second kappa shape index (κ2) is 7.72. The number of likely N-dealkylation sites (tertiary alicyclic amines) is 1. The first-order valence-electron chi connectivity index (χ1n) is 11.0. The summed E-state index contributed by atoms with van der Waals surface area (Å²) >= 11 is 0. The van der Waals surface area contributed by atoms with Crippen LogP contribution in [0.5, 0.6) is 0 Å². The molecule has 1 spiro atoms. The Kier molecular flexibility index (Phi) is 5.05. The summed E-state index contributed by atoms with van der Waals surface area (Å²) in [6, 6.07) is 5.16. The highest BCUT2D eigenvalue weighted by Crippen LogP contribution is 2.43. The van der Waals surface area contributed by atoms with Gasteiger partial charge in [0.05, 0.1) is 23.3 Å². The Bertz CT molecular complexity index is 844. The predicted octanol–water partition coefficient (Wildman–Crippen LogP) is 2.78. The van der Waals surface area contributed by atoms with Gasteiger partial charge in [0.15, 0.2) is 0 Å². The van der Waals surface area contributed by atoms with Gasteiger partial charge in [0.25, 0.3) is 0 Å². The summed E-state index contributed by atoms with van der Waals surface area (Å²) in [6.07, 6.45) is 3.93. The molecule has 0 bridgehead atoms. The summed E-state index contributed by atoms with van der Waals surface area (Å²) in [6.45, 7) is 4.26. The van der Waals surface area contributed by atoms with Gasteiger partial charge in [-0.3, -0.25) is 9.69 Å². The van der Waals surface area contributed by atoms with Crippen LogP contribution in [0.1, 0.15) is 32.1 Å². The van der Waals surface area contributed by atoms with Crippen LogP contribution in [0.15, 0.2) is 18.2 Å². The number of piperidine rings is 1. The van der Waals surface area contributed by atoms with E-state index in [0.717, 1.165) is 58.4 Å². The first-order valence-corrected chi connectivity index (χ1v) is 11.0. The van der Waals surface area contributed by atoms with Crippen molar-refractivity contribution >= 4 is 23.4 Å². The number of amides is 2. The Morgan fingerprint density at radius 2 is 1.87 bits per heavy atom. The summed E-state index contributed by atoms with van der Waals surface area (Å²) in [5.74, 6) is -0.132. The molecule has 0 radical (unpaired) electrons. The number of carbonyl (C=O) groups is 2. The molecule has 4 aliphatic rings. The van der Waals surface area contributed by atoms with Gasteiger partial charge in [-0.15, -0.1) is 0 Å². The number of nitrogens with zero attached hydrogens (tertiary/aromatic N) is 3. The van der Waals surface area contributed by atoms with Crippen LogP contribution in [-0.4, -0.2) is 68.9 Å². The highest BCUT2D eigenvalue weighted by atomic mass is 19.1. The third kappa shape index (κ3) is 3.31. The monoisotopic (exact) mass is 417 g/mol. The zero-order valence-electron chi connectivity index (χ0n) is 17.1. The molecular formula is C22H28FN3O4. The van der Waals surface area contributed by atoms with Gasteiger partial charge in [0.1, 0.15) is 12.4 Å². The van der Waals surface area contributed by atoms with E-state index in [1.54, 1.807) is 12.1 Å². The summed E-state index contributed by atoms with van der Waals surface area (Å²) in [5, 5.41) is 0. The number of hydrogen-bond donors (Lipinski definition) is 0. The third-order valence-electron chi connectivity index (χ3n) is 7.10. The predicted molar refractivity (Wildman–Crippen MR) is 109 cm³/mol. The molecule has 2 amide bonds. The summed E-state index contributed by atoms with van der Waals surface area (Å²) in [4.78, 5) is 30.7. The Morgan fingerprint density at radius 3 is 2.60 bits per heavy atom. The third-order valence-corrected chi connectivity index (χ3v) is 7.10. The molecule has 1 aromatic rings. The van der Waals surface area contributed by atoms with Crippen molar-refractivity contribution in [2.24, 2.45) is 5.41 Å². The molecule has 1 atom stereocenters. The molecule has 7 nitrogen and oxygen atoms in total. The number of anilines is 2. The molecule has 0 saturated carbocycles. The van der Waals surface area contributed by atoms with Gasteiger partial charge in [-0.25, -0.2) is 9.18 Å². The van der Waals surface area contributed by atoms with Crippen molar-refractivity contribution in [3.05, 3.63) is 24.0 Å². The van der Waals surface area contributed by atoms with Crippen LogP contribution in [0, 0.1) is 11.2 Å². The number of halogens is 1. The van der Waals surface area contributed by atoms with Gasteiger partial charge in [-0.05, 0) is 50.3 Å². The zero-order chi connectivity index (χ0) is 20.7. The highest BCUT2D eigenvalue weighted by molar-refractivity contribution is 5.89. The Hall–Kier alpha value is -2.35. The van der Waals surface area contributed by atoms with Gasteiger partial charge >= 0.3 is 6.09 Å². The standard InChI is InChI=1S/C22H28FN3O4/c23-18-14-17(26-10-13-30-21(26)28)2-3-19(18)24-8-1-6-22(15-24)7-9-25(20(22)27)16-4-11-29-12-5-16/h2-3,14,16H,1,4-13,15H2/t22-/m1/s1. The Labute approximate surface area is 175 Å². The van der Waals surface area contributed by atoms with E-state index >= 15 is 4.39 Å². The van der Waals surface area contributed by atoms with Crippen LogP contribution in [0.4, 0.5) is 20.6 Å². The van der Waals surface area contributed by atoms with Crippen molar-refractivity contribution < 1.29 is 23.5 Å². The van der Waals surface area contributed by atoms with Crippen LogP contribution in [0.2, 0.25) is 0 Å². The van der Waals surface area contributed by atoms with E-state index in [1.807, 2.05) is 4.90 Å². The highest BCUT2D eigenvalue weighted by Gasteiger charge is 2.50. The van der Waals surface area contributed by atoms with Crippen LogP contribution >= 0.6 is 0 Å². The van der Waals surface area contributed by atoms with Crippen LogP contribution in [0.3, 0.4) is 0 Å². The van der Waals surface area contributed by atoms with Gasteiger partial charge in [0, 0.05) is 38.9 Å². The molecular weight excluding hydrogens is 389 g/mol. The molecule has 5 rings (SSSR count). The van der Waals surface area contributed by atoms with E-state index in [0.29, 0.717) is 31.1 Å². The first-order chi connectivity index (χ1) is 14.6. The lowest BCUT2D eigenvalue weighted by Gasteiger charge is -2.41. The molecule has 0 unspecified atom stereocenters. The fourth-order valence-corrected chi connectivity index (χ4v) is 5.46. The molecule has 162 valence electrons. The van der Waals surface area contributed by atoms with Crippen molar-refractivity contribution in [2.45, 2.75) is 38.1 Å². The topological polar surface area (TPSA) is 62.3 Å². The molecule has 1 aromatic carbocycles. The normalized spacial score (nSPS) is 28.0.